The first-order chi connectivity index (χ1) is 6.68. The van der Waals surface area contributed by atoms with Gasteiger partial charge < -0.3 is 4.52 Å². The topological polar surface area (TPSA) is 38.9 Å². The average Bonchev–Trinajstić information content (AvgIpc) is 2.64. The van der Waals surface area contributed by atoms with E-state index >= 15 is 0 Å². The fourth-order valence-corrected chi connectivity index (χ4v) is 1.27. The Morgan fingerprint density at radius 1 is 1.43 bits per heavy atom. The molecule has 1 heterocycles. The molecule has 2 atom stereocenters. The van der Waals surface area contributed by atoms with Gasteiger partial charge in [0, 0.05) is 5.92 Å². The molecule has 2 unspecified atom stereocenters. The molecule has 0 fully saturated rings. The summed E-state index contributed by atoms with van der Waals surface area (Å²) in [6.45, 7) is 1.60. The van der Waals surface area contributed by atoms with Crippen molar-refractivity contribution in [1.29, 1.82) is 0 Å². The highest BCUT2D eigenvalue weighted by Crippen LogP contribution is 2.30. The first-order valence-electron chi connectivity index (χ1n) is 4.19. The van der Waals surface area contributed by atoms with Crippen LogP contribution in [0.5, 0.6) is 0 Å². The summed E-state index contributed by atoms with van der Waals surface area (Å²) in [6.07, 6.45) is 2.26. The summed E-state index contributed by atoms with van der Waals surface area (Å²) in [5.41, 5.74) is 0.0596. The van der Waals surface area contributed by atoms with Crippen molar-refractivity contribution in [3.05, 3.63) is 30.2 Å². The van der Waals surface area contributed by atoms with Gasteiger partial charge in [0.25, 0.3) is 0 Å². The number of aromatic nitrogens is 2. The van der Waals surface area contributed by atoms with Crippen LogP contribution < -0.4 is 0 Å². The maximum absolute atomic E-state index is 13.3. The van der Waals surface area contributed by atoms with E-state index < -0.39 is 17.9 Å². The molecule has 1 aliphatic rings. The van der Waals surface area contributed by atoms with E-state index in [1.165, 1.54) is 12.2 Å². The monoisotopic (exact) mass is 198 g/mol. The molecule has 0 spiro atoms. The van der Waals surface area contributed by atoms with Crippen molar-refractivity contribution in [3.8, 4) is 0 Å². The fraction of sp³-hybridized carbons (Fsp3) is 0.333. The largest absolute Gasteiger partial charge is 0.342 e. The highest BCUT2D eigenvalue weighted by molar-refractivity contribution is 5.74. The van der Waals surface area contributed by atoms with Gasteiger partial charge in [-0.05, 0) is 12.2 Å². The van der Waals surface area contributed by atoms with E-state index in [0.717, 1.165) is 6.39 Å². The van der Waals surface area contributed by atoms with Crippen LogP contribution in [0.2, 0.25) is 0 Å². The van der Waals surface area contributed by atoms with Gasteiger partial charge in [0.05, 0.1) is 5.57 Å². The van der Waals surface area contributed by atoms with E-state index in [-0.39, 0.29) is 11.4 Å². The summed E-state index contributed by atoms with van der Waals surface area (Å²) >= 11 is 0. The van der Waals surface area contributed by atoms with Crippen molar-refractivity contribution in [2.75, 3.05) is 0 Å². The summed E-state index contributed by atoms with van der Waals surface area (Å²) in [5, 5.41) is 3.45. The molecule has 1 aromatic heterocycles. The van der Waals surface area contributed by atoms with Gasteiger partial charge in [-0.3, -0.25) is 0 Å². The predicted molar refractivity (Wildman–Crippen MR) is 45.5 cm³/mol. The third kappa shape index (κ3) is 1.45. The quantitative estimate of drug-likeness (QED) is 0.694. The van der Waals surface area contributed by atoms with Crippen molar-refractivity contribution in [3.63, 3.8) is 0 Å². The molecule has 2 rings (SSSR count). The minimum absolute atomic E-state index is 0.0596. The van der Waals surface area contributed by atoms with Crippen LogP contribution in [0, 0.1) is 5.92 Å². The first kappa shape index (κ1) is 9.05. The van der Waals surface area contributed by atoms with E-state index in [2.05, 4.69) is 14.7 Å². The van der Waals surface area contributed by atoms with E-state index in [0.29, 0.717) is 0 Å². The van der Waals surface area contributed by atoms with Crippen LogP contribution in [-0.4, -0.2) is 16.3 Å². The zero-order chi connectivity index (χ0) is 10.1. The molecule has 5 heteroatoms. The molecule has 0 saturated heterocycles. The molecule has 14 heavy (non-hydrogen) atoms. The number of allylic oxidation sites excluding steroid dienone is 4. The summed E-state index contributed by atoms with van der Waals surface area (Å²) in [5.74, 6) is -0.883. The lowest BCUT2D eigenvalue weighted by Gasteiger charge is -2.15. The number of hydrogen-bond donors (Lipinski definition) is 0. The molecule has 0 radical (unpaired) electrons. The lowest BCUT2D eigenvalue weighted by Crippen LogP contribution is -2.13. The summed E-state index contributed by atoms with van der Waals surface area (Å²) < 4.78 is 31.0. The van der Waals surface area contributed by atoms with Crippen molar-refractivity contribution < 1.29 is 13.3 Å². The molecular formula is C9H8F2N2O. The van der Waals surface area contributed by atoms with Crippen molar-refractivity contribution >= 4 is 5.57 Å². The molecule has 1 aliphatic carbocycles. The zero-order valence-corrected chi connectivity index (χ0v) is 7.45. The van der Waals surface area contributed by atoms with E-state index in [9.17, 15) is 8.78 Å². The van der Waals surface area contributed by atoms with Gasteiger partial charge in [0.15, 0.2) is 0 Å². The Labute approximate surface area is 79.1 Å². The Balaban J connectivity index is 2.37. The molecule has 0 aromatic carbocycles. The van der Waals surface area contributed by atoms with Gasteiger partial charge in [-0.25, -0.2) is 8.78 Å². The van der Waals surface area contributed by atoms with Crippen molar-refractivity contribution in [1.82, 2.24) is 10.1 Å². The van der Waals surface area contributed by atoms with Crippen LogP contribution in [0.1, 0.15) is 12.7 Å². The molecule has 0 aliphatic heterocycles. The number of halogens is 2. The second-order valence-electron chi connectivity index (χ2n) is 3.15. The van der Waals surface area contributed by atoms with Gasteiger partial charge in [-0.2, -0.15) is 4.98 Å². The molecule has 0 saturated carbocycles. The van der Waals surface area contributed by atoms with E-state index in [4.69, 9.17) is 0 Å². The minimum Gasteiger partial charge on any atom is -0.342 e. The van der Waals surface area contributed by atoms with Crippen LogP contribution in [0.15, 0.2) is 28.9 Å². The molecule has 3 nitrogen and oxygen atoms in total. The van der Waals surface area contributed by atoms with Crippen molar-refractivity contribution in [2.24, 2.45) is 5.92 Å². The number of alkyl halides is 1. The maximum Gasteiger partial charge on any atom is 0.214 e. The van der Waals surface area contributed by atoms with Crippen LogP contribution in [0.4, 0.5) is 8.78 Å². The van der Waals surface area contributed by atoms with Gasteiger partial charge in [0.1, 0.15) is 12.0 Å². The van der Waals surface area contributed by atoms with Crippen LogP contribution in [0.25, 0.3) is 5.57 Å². The Bertz CT molecular complexity index is 384. The summed E-state index contributed by atoms with van der Waals surface area (Å²) in [6, 6.07) is 0. The number of hydrogen-bond acceptors (Lipinski definition) is 3. The summed E-state index contributed by atoms with van der Waals surface area (Å²) in [7, 11) is 0. The minimum atomic E-state index is -1.21. The van der Waals surface area contributed by atoms with E-state index in [1.807, 2.05) is 0 Å². The molecule has 0 bridgehead atoms. The van der Waals surface area contributed by atoms with Gasteiger partial charge in [-0.1, -0.05) is 12.1 Å². The molecule has 1 aromatic rings. The second-order valence-corrected chi connectivity index (χ2v) is 3.15. The zero-order valence-electron chi connectivity index (χ0n) is 7.45. The molecule has 0 N–H and O–H groups in total. The number of rotatable bonds is 1. The molecule has 0 amide bonds. The van der Waals surface area contributed by atoms with Gasteiger partial charge >= 0.3 is 0 Å². The molecule has 74 valence electrons. The lowest BCUT2D eigenvalue weighted by molar-refractivity contribution is 0.329. The standard InChI is InChI=1S/C9H8F2N2O/c1-5-2-8(11)6(3-7(5)10)9-12-4-14-13-9/h2-5,7H,1H3. The van der Waals surface area contributed by atoms with Crippen LogP contribution in [-0.2, 0) is 0 Å². The SMILES string of the molecule is CC1C=C(F)C(c2ncon2)=CC1F. The normalized spacial score (nSPS) is 27.1. The lowest BCUT2D eigenvalue weighted by atomic mass is 9.95. The first-order valence-corrected chi connectivity index (χ1v) is 4.19. The van der Waals surface area contributed by atoms with Crippen molar-refractivity contribution in [2.45, 2.75) is 13.1 Å². The Hall–Kier alpha value is -1.52. The third-order valence-corrected chi connectivity index (χ3v) is 2.10. The highest BCUT2D eigenvalue weighted by Gasteiger charge is 2.24. The maximum atomic E-state index is 13.3. The molecular weight excluding hydrogens is 190 g/mol. The van der Waals surface area contributed by atoms with Gasteiger partial charge in [-0.15, -0.1) is 0 Å². The van der Waals surface area contributed by atoms with E-state index in [1.54, 1.807) is 6.92 Å². The van der Waals surface area contributed by atoms with Gasteiger partial charge in [0.2, 0.25) is 12.2 Å². The highest BCUT2D eigenvalue weighted by atomic mass is 19.1. The predicted octanol–water partition coefficient (Wildman–Crippen LogP) is 2.29. The Kier molecular flexibility index (Phi) is 2.15. The Morgan fingerprint density at radius 3 is 2.86 bits per heavy atom. The Morgan fingerprint density at radius 2 is 2.21 bits per heavy atom. The van der Waals surface area contributed by atoms with Crippen LogP contribution >= 0.6 is 0 Å². The number of nitrogens with zero attached hydrogens (tertiary/aromatic N) is 2. The average molecular weight is 198 g/mol. The fourth-order valence-electron chi connectivity index (χ4n) is 1.27. The second kappa shape index (κ2) is 3.32. The van der Waals surface area contributed by atoms with Crippen LogP contribution in [0.3, 0.4) is 0 Å². The smallest absolute Gasteiger partial charge is 0.214 e. The summed E-state index contributed by atoms with van der Waals surface area (Å²) in [4.78, 5) is 3.66. The third-order valence-electron chi connectivity index (χ3n) is 2.10.